The fourth-order valence-electron chi connectivity index (χ4n) is 2.53. The Bertz CT molecular complexity index is 402. The fraction of sp³-hybridized carbons (Fsp3) is 0.625. The summed E-state index contributed by atoms with van der Waals surface area (Å²) >= 11 is 0. The SMILES string of the molecule is O=C(NCCCNCc1cccnc1)N1CCCCCC1. The Morgan fingerprint density at radius 1 is 1.19 bits per heavy atom. The van der Waals surface area contributed by atoms with E-state index in [0.717, 1.165) is 52.0 Å². The molecule has 0 unspecified atom stereocenters. The van der Waals surface area contributed by atoms with Crippen LogP contribution in [0.2, 0.25) is 0 Å². The maximum absolute atomic E-state index is 12.0. The fourth-order valence-corrected chi connectivity index (χ4v) is 2.53. The molecule has 1 aliphatic heterocycles. The average Bonchev–Trinajstić information content (AvgIpc) is 2.81. The smallest absolute Gasteiger partial charge is 0.317 e. The topological polar surface area (TPSA) is 57.3 Å². The highest BCUT2D eigenvalue weighted by molar-refractivity contribution is 5.74. The molecule has 0 spiro atoms. The van der Waals surface area contributed by atoms with Crippen molar-refractivity contribution in [1.82, 2.24) is 20.5 Å². The highest BCUT2D eigenvalue weighted by Gasteiger charge is 2.14. The van der Waals surface area contributed by atoms with Gasteiger partial charge in [0.05, 0.1) is 0 Å². The second-order valence-corrected chi connectivity index (χ2v) is 5.52. The minimum absolute atomic E-state index is 0.101. The number of carbonyl (C=O) groups is 1. The van der Waals surface area contributed by atoms with E-state index in [1.807, 2.05) is 17.2 Å². The zero-order valence-corrected chi connectivity index (χ0v) is 12.7. The molecular weight excluding hydrogens is 264 g/mol. The van der Waals surface area contributed by atoms with Crippen molar-refractivity contribution < 1.29 is 4.79 Å². The van der Waals surface area contributed by atoms with Crippen LogP contribution in [0.1, 0.15) is 37.7 Å². The van der Waals surface area contributed by atoms with Crippen molar-refractivity contribution >= 4 is 6.03 Å². The molecule has 0 aromatic carbocycles. The van der Waals surface area contributed by atoms with Crippen LogP contribution in [0.3, 0.4) is 0 Å². The largest absolute Gasteiger partial charge is 0.338 e. The molecular formula is C16H26N4O. The van der Waals surface area contributed by atoms with Crippen molar-refractivity contribution in [3.63, 3.8) is 0 Å². The molecule has 2 rings (SSSR count). The number of likely N-dealkylation sites (tertiary alicyclic amines) is 1. The number of nitrogens with one attached hydrogen (secondary N) is 2. The standard InChI is InChI=1S/C16H26N4O/c21-16(20-11-3-1-2-4-12-20)19-10-6-9-18-14-15-7-5-8-17-13-15/h5,7-8,13,18H,1-4,6,9-12,14H2,(H,19,21). The first kappa shape index (κ1) is 15.8. The third kappa shape index (κ3) is 6.12. The van der Waals surface area contributed by atoms with Gasteiger partial charge in [-0.15, -0.1) is 0 Å². The number of hydrogen-bond donors (Lipinski definition) is 2. The molecule has 0 atom stereocenters. The van der Waals surface area contributed by atoms with Gasteiger partial charge in [0.1, 0.15) is 0 Å². The first-order valence-electron chi connectivity index (χ1n) is 7.98. The molecule has 1 aromatic rings. The molecule has 2 N–H and O–H groups in total. The molecule has 0 bridgehead atoms. The normalized spacial score (nSPS) is 15.5. The summed E-state index contributed by atoms with van der Waals surface area (Å²) < 4.78 is 0. The lowest BCUT2D eigenvalue weighted by Crippen LogP contribution is -2.41. The van der Waals surface area contributed by atoms with Crippen LogP contribution in [-0.2, 0) is 6.54 Å². The molecule has 1 aliphatic rings. The molecule has 2 heterocycles. The summed E-state index contributed by atoms with van der Waals surface area (Å²) in [4.78, 5) is 18.0. The summed E-state index contributed by atoms with van der Waals surface area (Å²) in [6.07, 6.45) is 9.38. The van der Waals surface area contributed by atoms with E-state index in [1.165, 1.54) is 18.4 Å². The van der Waals surface area contributed by atoms with E-state index in [9.17, 15) is 4.79 Å². The van der Waals surface area contributed by atoms with Gasteiger partial charge in [-0.2, -0.15) is 0 Å². The second-order valence-electron chi connectivity index (χ2n) is 5.52. The van der Waals surface area contributed by atoms with E-state index >= 15 is 0 Å². The molecule has 116 valence electrons. The summed E-state index contributed by atoms with van der Waals surface area (Å²) in [7, 11) is 0. The summed E-state index contributed by atoms with van der Waals surface area (Å²) in [6, 6.07) is 4.10. The number of aromatic nitrogens is 1. The van der Waals surface area contributed by atoms with Crippen molar-refractivity contribution in [2.75, 3.05) is 26.2 Å². The monoisotopic (exact) mass is 290 g/mol. The lowest BCUT2D eigenvalue weighted by Gasteiger charge is -2.20. The van der Waals surface area contributed by atoms with E-state index in [2.05, 4.69) is 21.7 Å². The Kier molecular flexibility index (Phi) is 7.01. The number of amides is 2. The van der Waals surface area contributed by atoms with Gasteiger partial charge in [0.25, 0.3) is 0 Å². The lowest BCUT2D eigenvalue weighted by molar-refractivity contribution is 0.199. The van der Waals surface area contributed by atoms with E-state index in [4.69, 9.17) is 0 Å². The minimum atomic E-state index is 0.101. The second kappa shape index (κ2) is 9.34. The van der Waals surface area contributed by atoms with Gasteiger partial charge < -0.3 is 15.5 Å². The van der Waals surface area contributed by atoms with Gasteiger partial charge in [-0.3, -0.25) is 4.98 Å². The van der Waals surface area contributed by atoms with E-state index < -0.39 is 0 Å². The van der Waals surface area contributed by atoms with Gasteiger partial charge in [0.15, 0.2) is 0 Å². The van der Waals surface area contributed by atoms with Crippen LogP contribution in [0.25, 0.3) is 0 Å². The van der Waals surface area contributed by atoms with Gasteiger partial charge in [0.2, 0.25) is 0 Å². The Labute approximate surface area is 127 Å². The quantitative estimate of drug-likeness (QED) is 0.789. The van der Waals surface area contributed by atoms with Gasteiger partial charge in [-0.05, 0) is 37.4 Å². The zero-order valence-electron chi connectivity index (χ0n) is 12.7. The minimum Gasteiger partial charge on any atom is -0.338 e. The number of urea groups is 1. The van der Waals surface area contributed by atoms with Crippen LogP contribution in [0, 0.1) is 0 Å². The number of pyridine rings is 1. The van der Waals surface area contributed by atoms with Crippen molar-refractivity contribution in [3.05, 3.63) is 30.1 Å². The van der Waals surface area contributed by atoms with Gasteiger partial charge in [-0.1, -0.05) is 18.9 Å². The van der Waals surface area contributed by atoms with Gasteiger partial charge in [0, 0.05) is 38.6 Å². The van der Waals surface area contributed by atoms with Gasteiger partial charge >= 0.3 is 6.03 Å². The van der Waals surface area contributed by atoms with Crippen LogP contribution < -0.4 is 10.6 Å². The van der Waals surface area contributed by atoms with E-state index in [-0.39, 0.29) is 6.03 Å². The highest BCUT2D eigenvalue weighted by atomic mass is 16.2. The van der Waals surface area contributed by atoms with Crippen LogP contribution in [0.5, 0.6) is 0 Å². The van der Waals surface area contributed by atoms with Crippen molar-refractivity contribution in [2.24, 2.45) is 0 Å². The highest BCUT2D eigenvalue weighted by Crippen LogP contribution is 2.09. The summed E-state index contributed by atoms with van der Waals surface area (Å²) in [5, 5.41) is 6.37. The molecule has 0 aliphatic carbocycles. The van der Waals surface area contributed by atoms with Gasteiger partial charge in [-0.25, -0.2) is 4.79 Å². The number of nitrogens with zero attached hydrogens (tertiary/aromatic N) is 2. The summed E-state index contributed by atoms with van der Waals surface area (Å²) in [5.41, 5.74) is 1.19. The molecule has 21 heavy (non-hydrogen) atoms. The predicted octanol–water partition coefficient (Wildman–Crippen LogP) is 2.15. The summed E-state index contributed by atoms with van der Waals surface area (Å²) in [5.74, 6) is 0. The van der Waals surface area contributed by atoms with Crippen LogP contribution in [0.4, 0.5) is 4.79 Å². The number of carbonyl (C=O) groups excluding carboxylic acids is 1. The molecule has 5 nitrogen and oxygen atoms in total. The Hall–Kier alpha value is -1.62. The number of rotatable bonds is 6. The van der Waals surface area contributed by atoms with Crippen LogP contribution >= 0.6 is 0 Å². The van der Waals surface area contributed by atoms with Crippen molar-refractivity contribution in [3.8, 4) is 0 Å². The predicted molar refractivity (Wildman–Crippen MR) is 84.0 cm³/mol. The summed E-state index contributed by atoms with van der Waals surface area (Å²) in [6.45, 7) is 4.27. The zero-order chi connectivity index (χ0) is 14.8. The Morgan fingerprint density at radius 2 is 2.00 bits per heavy atom. The van der Waals surface area contributed by atoms with Crippen molar-refractivity contribution in [1.29, 1.82) is 0 Å². The lowest BCUT2D eigenvalue weighted by atomic mass is 10.2. The first-order chi connectivity index (χ1) is 10.4. The molecule has 1 aromatic heterocycles. The molecule has 5 heteroatoms. The van der Waals surface area contributed by atoms with E-state index in [1.54, 1.807) is 6.20 Å². The molecule has 0 saturated carbocycles. The van der Waals surface area contributed by atoms with Crippen molar-refractivity contribution in [2.45, 2.75) is 38.6 Å². The first-order valence-corrected chi connectivity index (χ1v) is 7.98. The Morgan fingerprint density at radius 3 is 2.71 bits per heavy atom. The Balaban J connectivity index is 1.52. The number of hydrogen-bond acceptors (Lipinski definition) is 3. The maximum Gasteiger partial charge on any atom is 0.317 e. The van der Waals surface area contributed by atoms with Crippen LogP contribution in [-0.4, -0.2) is 42.1 Å². The molecule has 1 saturated heterocycles. The van der Waals surface area contributed by atoms with Crippen LogP contribution in [0.15, 0.2) is 24.5 Å². The third-order valence-electron chi connectivity index (χ3n) is 3.75. The van der Waals surface area contributed by atoms with E-state index in [0.29, 0.717) is 0 Å². The average molecular weight is 290 g/mol. The molecule has 2 amide bonds. The molecule has 0 radical (unpaired) electrons. The third-order valence-corrected chi connectivity index (χ3v) is 3.75. The molecule has 1 fully saturated rings. The maximum atomic E-state index is 12.0.